The van der Waals surface area contributed by atoms with Gasteiger partial charge in [-0.05, 0) is 23.3 Å². The van der Waals surface area contributed by atoms with Crippen LogP contribution >= 0.6 is 0 Å². The summed E-state index contributed by atoms with van der Waals surface area (Å²) in [6.45, 7) is -0.843. The Morgan fingerprint density at radius 1 is 1.16 bits per heavy atom. The summed E-state index contributed by atoms with van der Waals surface area (Å²) in [6, 6.07) is 8.50. The van der Waals surface area contributed by atoms with E-state index in [9.17, 15) is 26.4 Å². The number of sulfonamides is 1. The molecule has 1 saturated carbocycles. The number of nitrogens with one attached hydrogen (secondary N) is 1. The molecule has 32 heavy (non-hydrogen) atoms. The van der Waals surface area contributed by atoms with Gasteiger partial charge in [-0.3, -0.25) is 9.18 Å². The van der Waals surface area contributed by atoms with Gasteiger partial charge in [-0.1, -0.05) is 30.3 Å². The van der Waals surface area contributed by atoms with E-state index in [1.807, 2.05) is 0 Å². The van der Waals surface area contributed by atoms with E-state index in [0.717, 1.165) is 18.4 Å². The van der Waals surface area contributed by atoms with Gasteiger partial charge in [0.25, 0.3) is 0 Å². The molecule has 1 saturated heterocycles. The van der Waals surface area contributed by atoms with Crippen LogP contribution in [0.25, 0.3) is 11.1 Å². The average Bonchev–Trinajstić information content (AvgIpc) is 3.40. The number of hydrogen-bond donors (Lipinski definition) is 1. The summed E-state index contributed by atoms with van der Waals surface area (Å²) in [6.07, 6.45) is 0.774. The van der Waals surface area contributed by atoms with Crippen LogP contribution in [-0.4, -0.2) is 51.3 Å². The first-order valence-corrected chi connectivity index (χ1v) is 12.0. The molecule has 5 nitrogen and oxygen atoms in total. The molecule has 1 N–H and O–H groups in total. The Hall–Kier alpha value is -2.46. The molecule has 10 heteroatoms. The molecule has 1 heterocycles. The van der Waals surface area contributed by atoms with Gasteiger partial charge < -0.3 is 4.90 Å². The van der Waals surface area contributed by atoms with Crippen molar-refractivity contribution >= 4 is 15.9 Å². The molecular formula is C22H22F4N2O3S. The van der Waals surface area contributed by atoms with E-state index in [-0.39, 0.29) is 36.2 Å². The van der Waals surface area contributed by atoms with Crippen LogP contribution in [-0.2, 0) is 20.5 Å². The van der Waals surface area contributed by atoms with Crippen LogP contribution < -0.4 is 4.72 Å². The molecule has 0 unspecified atom stereocenters. The van der Waals surface area contributed by atoms with E-state index >= 15 is 4.39 Å². The lowest BCUT2D eigenvalue weighted by Gasteiger charge is -2.47. The second kappa shape index (κ2) is 8.15. The van der Waals surface area contributed by atoms with Crippen molar-refractivity contribution in [3.05, 3.63) is 59.7 Å². The minimum Gasteiger partial charge on any atom is -0.337 e. The highest BCUT2D eigenvalue weighted by Gasteiger charge is 2.64. The maximum atomic E-state index is 15.9. The van der Waals surface area contributed by atoms with Crippen molar-refractivity contribution in [3.8, 4) is 11.1 Å². The lowest BCUT2D eigenvalue weighted by Crippen LogP contribution is -2.63. The number of benzene rings is 2. The summed E-state index contributed by atoms with van der Waals surface area (Å²) in [4.78, 5) is 14.3. The zero-order chi connectivity index (χ0) is 23.3. The second-order valence-electron chi connectivity index (χ2n) is 8.35. The van der Waals surface area contributed by atoms with Crippen molar-refractivity contribution in [2.24, 2.45) is 11.8 Å². The number of carbonyl (C=O) groups is 1. The highest BCUT2D eigenvalue weighted by Crippen LogP contribution is 2.59. The van der Waals surface area contributed by atoms with Crippen molar-refractivity contribution in [1.82, 2.24) is 9.62 Å². The third-order valence-corrected chi connectivity index (χ3v) is 6.90. The SMILES string of the molecule is CS(=O)(=O)NC[C@@H]1[C@H](CF)CN1C(=O)[C@@H]1C[C@@]1(F)c1ccccc1-c1c(F)cccc1F. The van der Waals surface area contributed by atoms with E-state index in [1.165, 1.54) is 35.2 Å². The van der Waals surface area contributed by atoms with E-state index < -0.39 is 57.8 Å². The van der Waals surface area contributed by atoms with Gasteiger partial charge in [0.2, 0.25) is 15.9 Å². The third kappa shape index (κ3) is 4.01. The number of alkyl halides is 2. The van der Waals surface area contributed by atoms with Gasteiger partial charge >= 0.3 is 0 Å². The van der Waals surface area contributed by atoms with E-state index in [0.29, 0.717) is 0 Å². The minimum atomic E-state index is -3.55. The second-order valence-corrected chi connectivity index (χ2v) is 10.2. The first-order valence-electron chi connectivity index (χ1n) is 10.1. The third-order valence-electron chi connectivity index (χ3n) is 6.21. The molecular weight excluding hydrogens is 448 g/mol. The van der Waals surface area contributed by atoms with Gasteiger partial charge in [-0.2, -0.15) is 0 Å². The molecule has 172 valence electrons. The number of hydrogen-bond acceptors (Lipinski definition) is 3. The monoisotopic (exact) mass is 470 g/mol. The molecule has 1 amide bonds. The molecule has 0 spiro atoms. The largest absolute Gasteiger partial charge is 0.337 e. The van der Waals surface area contributed by atoms with Crippen molar-refractivity contribution in [3.63, 3.8) is 0 Å². The number of carbonyl (C=O) groups excluding carboxylic acids is 1. The van der Waals surface area contributed by atoms with Gasteiger partial charge in [0, 0.05) is 25.4 Å². The van der Waals surface area contributed by atoms with Crippen molar-refractivity contribution < 1.29 is 30.8 Å². The maximum Gasteiger partial charge on any atom is 0.229 e. The fraction of sp³-hybridized carbons (Fsp3) is 0.409. The summed E-state index contributed by atoms with van der Waals surface area (Å²) in [5.74, 6) is -3.89. The summed E-state index contributed by atoms with van der Waals surface area (Å²) < 4.78 is 82.9. The molecule has 1 aliphatic carbocycles. The average molecular weight is 470 g/mol. The van der Waals surface area contributed by atoms with Crippen molar-refractivity contribution in [2.75, 3.05) is 26.0 Å². The quantitative estimate of drug-likeness (QED) is 0.633. The summed E-state index contributed by atoms with van der Waals surface area (Å²) in [5, 5.41) is 0. The smallest absolute Gasteiger partial charge is 0.229 e. The molecule has 2 aromatic rings. The van der Waals surface area contributed by atoms with Crippen molar-refractivity contribution in [2.45, 2.75) is 18.1 Å². The lowest BCUT2D eigenvalue weighted by atomic mass is 9.88. The molecule has 0 aromatic heterocycles. The predicted octanol–water partition coefficient (Wildman–Crippen LogP) is 3.16. The predicted molar refractivity (Wildman–Crippen MR) is 110 cm³/mol. The van der Waals surface area contributed by atoms with Crippen LogP contribution in [0.5, 0.6) is 0 Å². The Morgan fingerprint density at radius 3 is 2.44 bits per heavy atom. The summed E-state index contributed by atoms with van der Waals surface area (Å²) in [5.41, 5.74) is -2.45. The molecule has 1 aliphatic heterocycles. The van der Waals surface area contributed by atoms with Crippen LogP contribution in [0.15, 0.2) is 42.5 Å². The topological polar surface area (TPSA) is 66.5 Å². The fourth-order valence-electron chi connectivity index (χ4n) is 4.38. The lowest BCUT2D eigenvalue weighted by molar-refractivity contribution is -0.146. The van der Waals surface area contributed by atoms with E-state index in [2.05, 4.69) is 4.72 Å². The molecule has 2 aliphatic rings. The van der Waals surface area contributed by atoms with E-state index in [1.54, 1.807) is 0 Å². The Bertz CT molecular complexity index is 1140. The number of halogens is 4. The highest BCUT2D eigenvalue weighted by molar-refractivity contribution is 7.88. The summed E-state index contributed by atoms with van der Waals surface area (Å²) >= 11 is 0. The van der Waals surface area contributed by atoms with E-state index in [4.69, 9.17) is 0 Å². The number of nitrogens with zero attached hydrogens (tertiary/aromatic N) is 1. The zero-order valence-corrected chi connectivity index (χ0v) is 18.0. The van der Waals surface area contributed by atoms with Gasteiger partial charge in [0.1, 0.15) is 17.3 Å². The first-order chi connectivity index (χ1) is 15.1. The molecule has 2 fully saturated rings. The minimum absolute atomic E-state index is 0.00993. The molecule has 0 bridgehead atoms. The first kappa shape index (κ1) is 22.7. The standard InChI is InChI=1S/C22H22F4N2O3S/c1-32(30,31)27-11-19-13(10-23)12-28(19)21(29)16-9-22(16,26)15-6-3-2-5-14(15)20-17(24)7-4-8-18(20)25/h2-8,13,16,19,27H,9-12H2,1H3/t13-,16+,19-,22-/m1/s1. The normalized spacial score (nSPS) is 27.2. The number of amides is 1. The molecule has 4 atom stereocenters. The zero-order valence-electron chi connectivity index (χ0n) is 17.2. The molecule has 2 aromatic carbocycles. The van der Waals surface area contributed by atoms with Crippen LogP contribution in [0, 0.1) is 23.5 Å². The number of rotatable bonds is 7. The van der Waals surface area contributed by atoms with Gasteiger partial charge in [-0.15, -0.1) is 0 Å². The van der Waals surface area contributed by atoms with Crippen LogP contribution in [0.3, 0.4) is 0 Å². The maximum absolute atomic E-state index is 15.9. The van der Waals surface area contributed by atoms with Crippen LogP contribution in [0.2, 0.25) is 0 Å². The van der Waals surface area contributed by atoms with Crippen LogP contribution in [0.1, 0.15) is 12.0 Å². The molecule has 4 rings (SSSR count). The summed E-state index contributed by atoms with van der Waals surface area (Å²) in [7, 11) is -3.55. The molecule has 0 radical (unpaired) electrons. The van der Waals surface area contributed by atoms with Gasteiger partial charge in [0.05, 0.1) is 30.5 Å². The van der Waals surface area contributed by atoms with Crippen molar-refractivity contribution in [1.29, 1.82) is 0 Å². The van der Waals surface area contributed by atoms with Gasteiger partial charge in [0.15, 0.2) is 0 Å². The highest BCUT2D eigenvalue weighted by atomic mass is 32.2. The Kier molecular flexibility index (Phi) is 5.79. The Balaban J connectivity index is 1.58. The fourth-order valence-corrected chi connectivity index (χ4v) is 4.86. The van der Waals surface area contributed by atoms with Crippen LogP contribution in [0.4, 0.5) is 17.6 Å². The Labute approximate surface area is 183 Å². The Morgan fingerprint density at radius 2 is 1.81 bits per heavy atom. The number of likely N-dealkylation sites (tertiary alicyclic amines) is 1. The van der Waals surface area contributed by atoms with Gasteiger partial charge in [-0.25, -0.2) is 26.3 Å².